The summed E-state index contributed by atoms with van der Waals surface area (Å²) in [6.45, 7) is 1.85. The zero-order chi connectivity index (χ0) is 16.0. The van der Waals surface area contributed by atoms with Crippen molar-refractivity contribution in [1.29, 1.82) is 0 Å². The molecule has 0 saturated heterocycles. The Balaban J connectivity index is 2.33. The van der Waals surface area contributed by atoms with E-state index in [9.17, 15) is 8.78 Å². The van der Waals surface area contributed by atoms with Crippen molar-refractivity contribution in [2.24, 2.45) is 0 Å². The minimum atomic E-state index is -1.11. The summed E-state index contributed by atoms with van der Waals surface area (Å²) in [7, 11) is 0. The van der Waals surface area contributed by atoms with Crippen LogP contribution in [0.5, 0.6) is 0 Å². The van der Waals surface area contributed by atoms with E-state index < -0.39 is 11.6 Å². The summed E-state index contributed by atoms with van der Waals surface area (Å²) >= 11 is 5.57. The lowest BCUT2D eigenvalue weighted by atomic mass is 10.0. The minimum absolute atomic E-state index is 0.0172. The van der Waals surface area contributed by atoms with E-state index in [2.05, 4.69) is 4.98 Å². The van der Waals surface area contributed by atoms with Crippen molar-refractivity contribution in [3.05, 3.63) is 52.6 Å². The second-order valence-corrected chi connectivity index (χ2v) is 5.41. The van der Waals surface area contributed by atoms with Crippen LogP contribution in [0.1, 0.15) is 5.56 Å². The van der Waals surface area contributed by atoms with Gasteiger partial charge in [-0.15, -0.1) is 0 Å². The second kappa shape index (κ2) is 5.10. The van der Waals surface area contributed by atoms with Crippen molar-refractivity contribution in [3.8, 4) is 11.3 Å². The van der Waals surface area contributed by atoms with Gasteiger partial charge in [-0.1, -0.05) is 23.7 Å². The highest BCUT2D eigenvalue weighted by Crippen LogP contribution is 2.33. The average molecular weight is 320 g/mol. The first-order valence-corrected chi connectivity index (χ1v) is 6.87. The lowest BCUT2D eigenvalue weighted by Crippen LogP contribution is -2.00. The first-order valence-electron chi connectivity index (χ1n) is 6.49. The van der Waals surface area contributed by atoms with Crippen LogP contribution in [0.4, 0.5) is 20.3 Å². The molecule has 6 heteroatoms. The van der Waals surface area contributed by atoms with Crippen LogP contribution < -0.4 is 11.5 Å². The molecular formula is C16H12ClF2N3. The summed E-state index contributed by atoms with van der Waals surface area (Å²) in [6.07, 6.45) is 0. The topological polar surface area (TPSA) is 64.9 Å². The van der Waals surface area contributed by atoms with Crippen LogP contribution in [0.25, 0.3) is 22.0 Å². The Kier molecular flexibility index (Phi) is 3.37. The summed E-state index contributed by atoms with van der Waals surface area (Å²) < 4.78 is 27.7. The van der Waals surface area contributed by atoms with Gasteiger partial charge >= 0.3 is 0 Å². The summed E-state index contributed by atoms with van der Waals surface area (Å²) in [6, 6.07) is 7.86. The van der Waals surface area contributed by atoms with E-state index in [1.807, 2.05) is 13.0 Å². The summed E-state index contributed by atoms with van der Waals surface area (Å²) in [5.74, 6) is -1.98. The molecule has 3 aromatic rings. The standard InChI is InChI=1S/C16H12ClF2N3/c1-7-2-3-8-10(15(7)20)6-12(22-16(8)21)9-4-5-11(17)14(19)13(9)18/h2-6H,20H2,1H3,(H2,21,22). The lowest BCUT2D eigenvalue weighted by Gasteiger charge is -2.11. The van der Waals surface area contributed by atoms with Gasteiger partial charge in [-0.25, -0.2) is 13.8 Å². The van der Waals surface area contributed by atoms with Crippen LogP contribution in [0, 0.1) is 18.6 Å². The molecular weight excluding hydrogens is 308 g/mol. The maximum Gasteiger partial charge on any atom is 0.178 e. The highest BCUT2D eigenvalue weighted by molar-refractivity contribution is 6.30. The number of hydrogen-bond donors (Lipinski definition) is 2. The van der Waals surface area contributed by atoms with Crippen LogP contribution in [0.15, 0.2) is 30.3 Å². The molecule has 3 nitrogen and oxygen atoms in total. The van der Waals surface area contributed by atoms with Gasteiger partial charge in [-0.05, 0) is 30.7 Å². The monoisotopic (exact) mass is 319 g/mol. The Morgan fingerprint density at radius 3 is 2.45 bits per heavy atom. The predicted octanol–water partition coefficient (Wildman–Crippen LogP) is 4.31. The van der Waals surface area contributed by atoms with E-state index in [1.165, 1.54) is 12.1 Å². The Labute approximate surface area is 130 Å². The molecule has 4 N–H and O–H groups in total. The third kappa shape index (κ3) is 2.14. The molecule has 3 rings (SSSR count). The zero-order valence-corrected chi connectivity index (χ0v) is 12.4. The van der Waals surface area contributed by atoms with Crippen molar-refractivity contribution in [2.45, 2.75) is 6.92 Å². The van der Waals surface area contributed by atoms with Gasteiger partial charge in [-0.3, -0.25) is 0 Å². The minimum Gasteiger partial charge on any atom is -0.398 e. The number of nitrogen functional groups attached to an aromatic ring is 2. The molecule has 0 bridgehead atoms. The number of nitrogens with two attached hydrogens (primary N) is 2. The molecule has 0 unspecified atom stereocenters. The Morgan fingerprint density at radius 2 is 1.73 bits per heavy atom. The van der Waals surface area contributed by atoms with Crippen molar-refractivity contribution in [1.82, 2.24) is 4.98 Å². The Hall–Kier alpha value is -2.40. The number of anilines is 2. The number of nitrogens with zero attached hydrogens (tertiary/aromatic N) is 1. The van der Waals surface area contributed by atoms with E-state index in [0.29, 0.717) is 16.5 Å². The fourth-order valence-corrected chi connectivity index (χ4v) is 2.49. The molecule has 112 valence electrons. The number of benzene rings is 2. The van der Waals surface area contributed by atoms with E-state index in [4.69, 9.17) is 23.1 Å². The van der Waals surface area contributed by atoms with Gasteiger partial charge in [0.05, 0.1) is 10.7 Å². The van der Waals surface area contributed by atoms with Crippen LogP contribution in [-0.4, -0.2) is 4.98 Å². The van der Waals surface area contributed by atoms with Crippen molar-refractivity contribution in [2.75, 3.05) is 11.5 Å². The third-order valence-electron chi connectivity index (χ3n) is 3.61. The van der Waals surface area contributed by atoms with Gasteiger partial charge in [-0.2, -0.15) is 0 Å². The van der Waals surface area contributed by atoms with E-state index in [0.717, 1.165) is 5.56 Å². The lowest BCUT2D eigenvalue weighted by molar-refractivity contribution is 0.511. The van der Waals surface area contributed by atoms with Crippen molar-refractivity contribution >= 4 is 33.9 Å². The molecule has 0 aliphatic heterocycles. The van der Waals surface area contributed by atoms with Crippen molar-refractivity contribution in [3.63, 3.8) is 0 Å². The fourth-order valence-electron chi connectivity index (χ4n) is 2.34. The molecule has 0 radical (unpaired) electrons. The first kappa shape index (κ1) is 14.5. The first-order chi connectivity index (χ1) is 10.4. The second-order valence-electron chi connectivity index (χ2n) is 5.01. The summed E-state index contributed by atoms with van der Waals surface area (Å²) in [5, 5.41) is 1.03. The number of rotatable bonds is 1. The molecule has 0 atom stereocenters. The number of hydrogen-bond acceptors (Lipinski definition) is 3. The SMILES string of the molecule is Cc1ccc2c(N)nc(-c3ccc(Cl)c(F)c3F)cc2c1N. The van der Waals surface area contributed by atoms with Gasteiger partial charge in [0.15, 0.2) is 11.6 Å². The number of fused-ring (bicyclic) bond motifs is 1. The molecule has 0 spiro atoms. The van der Waals surface area contributed by atoms with E-state index in [-0.39, 0.29) is 22.1 Å². The normalized spacial score (nSPS) is 11.1. The predicted molar refractivity (Wildman–Crippen MR) is 85.7 cm³/mol. The Morgan fingerprint density at radius 1 is 1.00 bits per heavy atom. The maximum atomic E-state index is 14.1. The van der Waals surface area contributed by atoms with E-state index >= 15 is 0 Å². The molecule has 0 aliphatic rings. The molecule has 0 fully saturated rings. The van der Waals surface area contributed by atoms with Gasteiger partial charge in [0, 0.05) is 22.0 Å². The third-order valence-corrected chi connectivity index (χ3v) is 3.91. The molecule has 22 heavy (non-hydrogen) atoms. The largest absolute Gasteiger partial charge is 0.398 e. The van der Waals surface area contributed by atoms with Gasteiger partial charge in [0.2, 0.25) is 0 Å². The number of halogens is 3. The highest BCUT2D eigenvalue weighted by atomic mass is 35.5. The Bertz CT molecular complexity index is 910. The zero-order valence-electron chi connectivity index (χ0n) is 11.6. The van der Waals surface area contributed by atoms with Gasteiger partial charge < -0.3 is 11.5 Å². The van der Waals surface area contributed by atoms with Crippen LogP contribution in [-0.2, 0) is 0 Å². The van der Waals surface area contributed by atoms with Crippen molar-refractivity contribution < 1.29 is 8.78 Å². The molecule has 1 aromatic heterocycles. The quantitative estimate of drug-likeness (QED) is 0.519. The highest BCUT2D eigenvalue weighted by Gasteiger charge is 2.16. The molecule has 0 saturated carbocycles. The molecule has 0 amide bonds. The summed E-state index contributed by atoms with van der Waals surface area (Å²) in [4.78, 5) is 4.15. The van der Waals surface area contributed by atoms with Crippen LogP contribution >= 0.6 is 11.6 Å². The van der Waals surface area contributed by atoms with Crippen LogP contribution in [0.2, 0.25) is 5.02 Å². The molecule has 0 aliphatic carbocycles. The van der Waals surface area contributed by atoms with Crippen LogP contribution in [0.3, 0.4) is 0 Å². The number of aromatic nitrogens is 1. The number of pyridine rings is 1. The smallest absolute Gasteiger partial charge is 0.178 e. The average Bonchev–Trinajstić information content (AvgIpc) is 2.49. The van der Waals surface area contributed by atoms with E-state index in [1.54, 1.807) is 12.1 Å². The maximum absolute atomic E-state index is 14.1. The summed E-state index contributed by atoms with van der Waals surface area (Å²) in [5.41, 5.74) is 13.6. The molecule has 1 heterocycles. The van der Waals surface area contributed by atoms with Gasteiger partial charge in [0.1, 0.15) is 5.82 Å². The number of aryl methyl sites for hydroxylation is 1. The fraction of sp³-hybridized carbons (Fsp3) is 0.0625. The molecule has 2 aromatic carbocycles. The van der Waals surface area contributed by atoms with Gasteiger partial charge in [0.25, 0.3) is 0 Å².